The minimum absolute atomic E-state index is 0.0964. The molecular weight excluding hydrogens is 270 g/mol. The molecule has 0 unspecified atom stereocenters. The van der Waals surface area contributed by atoms with E-state index in [4.69, 9.17) is 5.73 Å². The third-order valence-electron chi connectivity index (χ3n) is 3.23. The number of benzene rings is 1. The second-order valence-electron chi connectivity index (χ2n) is 5.97. The number of nitro benzene ring substituents is 1. The van der Waals surface area contributed by atoms with Crippen molar-refractivity contribution < 1.29 is 4.92 Å². The van der Waals surface area contributed by atoms with Gasteiger partial charge in [-0.15, -0.1) is 5.10 Å². The second-order valence-corrected chi connectivity index (χ2v) is 5.97. The Morgan fingerprint density at radius 2 is 1.90 bits per heavy atom. The van der Waals surface area contributed by atoms with Crippen LogP contribution in [0.1, 0.15) is 32.0 Å². The normalized spacial score (nSPS) is 11.6. The van der Waals surface area contributed by atoms with Crippen molar-refractivity contribution in [2.45, 2.75) is 39.2 Å². The zero-order chi connectivity index (χ0) is 15.6. The molecule has 0 fully saturated rings. The summed E-state index contributed by atoms with van der Waals surface area (Å²) in [7, 11) is 0. The van der Waals surface area contributed by atoms with Gasteiger partial charge in [0, 0.05) is 24.1 Å². The molecule has 2 aromatic rings. The fourth-order valence-corrected chi connectivity index (χ4v) is 2.27. The first-order valence-electron chi connectivity index (χ1n) is 6.72. The fourth-order valence-electron chi connectivity index (χ4n) is 2.27. The van der Waals surface area contributed by atoms with E-state index in [9.17, 15) is 10.1 Å². The molecule has 0 amide bonds. The van der Waals surface area contributed by atoms with Crippen molar-refractivity contribution in [2.75, 3.05) is 5.73 Å². The van der Waals surface area contributed by atoms with E-state index < -0.39 is 4.92 Å². The third-order valence-corrected chi connectivity index (χ3v) is 3.23. The summed E-state index contributed by atoms with van der Waals surface area (Å²) >= 11 is 0. The number of hydrogen-bond donors (Lipinski definition) is 1. The molecule has 112 valence electrons. The van der Waals surface area contributed by atoms with Crippen molar-refractivity contribution in [1.29, 1.82) is 0 Å². The standard InChI is InChI=1S/C14H19N5O2/c1-14(2,3)12-13(15)16-17-18(12)9-8-10-4-6-11(7-5-10)19(20)21/h4-7H,8-9,15H2,1-3H3. The first-order valence-corrected chi connectivity index (χ1v) is 6.72. The molecule has 0 saturated carbocycles. The van der Waals surface area contributed by atoms with E-state index in [-0.39, 0.29) is 11.1 Å². The molecule has 7 heteroatoms. The fraction of sp³-hybridized carbons (Fsp3) is 0.429. The molecule has 0 bridgehead atoms. The van der Waals surface area contributed by atoms with Crippen LogP contribution in [0.25, 0.3) is 0 Å². The number of aromatic nitrogens is 3. The maximum Gasteiger partial charge on any atom is 0.269 e. The van der Waals surface area contributed by atoms with Crippen molar-refractivity contribution >= 4 is 11.5 Å². The zero-order valence-electron chi connectivity index (χ0n) is 12.4. The Bertz CT molecular complexity index is 640. The van der Waals surface area contributed by atoms with Crippen LogP contribution in [-0.2, 0) is 18.4 Å². The Labute approximate surface area is 122 Å². The Morgan fingerprint density at radius 3 is 2.43 bits per heavy atom. The highest BCUT2D eigenvalue weighted by atomic mass is 16.6. The van der Waals surface area contributed by atoms with Gasteiger partial charge in [0.2, 0.25) is 0 Å². The molecule has 21 heavy (non-hydrogen) atoms. The van der Waals surface area contributed by atoms with Crippen molar-refractivity contribution in [3.8, 4) is 0 Å². The summed E-state index contributed by atoms with van der Waals surface area (Å²) in [5.74, 6) is 0.450. The van der Waals surface area contributed by atoms with Crippen LogP contribution in [-0.4, -0.2) is 19.9 Å². The van der Waals surface area contributed by atoms with Crippen LogP contribution in [0.4, 0.5) is 11.5 Å². The van der Waals surface area contributed by atoms with Gasteiger partial charge >= 0.3 is 0 Å². The highest BCUT2D eigenvalue weighted by Gasteiger charge is 2.23. The van der Waals surface area contributed by atoms with Crippen LogP contribution in [0.3, 0.4) is 0 Å². The maximum absolute atomic E-state index is 10.6. The Balaban J connectivity index is 2.12. The van der Waals surface area contributed by atoms with Crippen molar-refractivity contribution in [3.05, 3.63) is 45.6 Å². The third kappa shape index (κ3) is 3.36. The Kier molecular flexibility index (Phi) is 3.93. The molecule has 0 aliphatic carbocycles. The number of nitrogen functional groups attached to an aromatic ring is 1. The van der Waals surface area contributed by atoms with Crippen molar-refractivity contribution in [2.24, 2.45) is 0 Å². The summed E-state index contributed by atoms with van der Waals surface area (Å²) in [6.07, 6.45) is 0.712. The predicted molar refractivity (Wildman–Crippen MR) is 79.9 cm³/mol. The van der Waals surface area contributed by atoms with Crippen LogP contribution >= 0.6 is 0 Å². The molecule has 0 aliphatic heterocycles. The highest BCUT2D eigenvalue weighted by molar-refractivity contribution is 5.38. The van der Waals surface area contributed by atoms with Gasteiger partial charge in [0.05, 0.1) is 10.6 Å². The highest BCUT2D eigenvalue weighted by Crippen LogP contribution is 2.26. The number of rotatable bonds is 4. The topological polar surface area (TPSA) is 99.9 Å². The summed E-state index contributed by atoms with van der Waals surface area (Å²) in [6, 6.07) is 6.54. The number of non-ortho nitro benzene ring substituents is 1. The number of anilines is 1. The van der Waals surface area contributed by atoms with Gasteiger partial charge < -0.3 is 5.73 Å². The summed E-state index contributed by atoms with van der Waals surface area (Å²) in [5, 5.41) is 18.6. The average Bonchev–Trinajstić information content (AvgIpc) is 2.78. The molecule has 0 saturated heterocycles. The summed E-state index contributed by atoms with van der Waals surface area (Å²) < 4.78 is 1.80. The number of nitrogens with two attached hydrogens (primary N) is 1. The molecule has 0 spiro atoms. The van der Waals surface area contributed by atoms with Gasteiger partial charge in [-0.1, -0.05) is 38.1 Å². The first kappa shape index (κ1) is 15.0. The molecular formula is C14H19N5O2. The molecule has 1 heterocycles. The lowest BCUT2D eigenvalue weighted by atomic mass is 9.92. The Morgan fingerprint density at radius 1 is 1.29 bits per heavy atom. The lowest BCUT2D eigenvalue weighted by molar-refractivity contribution is -0.384. The van der Waals surface area contributed by atoms with E-state index in [1.165, 1.54) is 12.1 Å². The minimum Gasteiger partial charge on any atom is -0.381 e. The van der Waals surface area contributed by atoms with E-state index in [2.05, 4.69) is 31.1 Å². The van der Waals surface area contributed by atoms with Crippen molar-refractivity contribution in [1.82, 2.24) is 15.0 Å². The lowest BCUT2D eigenvalue weighted by Crippen LogP contribution is -2.20. The Hall–Kier alpha value is -2.44. The van der Waals surface area contributed by atoms with Gasteiger partial charge in [-0.3, -0.25) is 10.1 Å². The lowest BCUT2D eigenvalue weighted by Gasteiger charge is -2.20. The van der Waals surface area contributed by atoms with Gasteiger partial charge in [-0.2, -0.15) is 0 Å². The number of hydrogen-bond acceptors (Lipinski definition) is 5. The molecule has 1 aromatic heterocycles. The van der Waals surface area contributed by atoms with Crippen LogP contribution in [0.5, 0.6) is 0 Å². The van der Waals surface area contributed by atoms with Crippen molar-refractivity contribution in [3.63, 3.8) is 0 Å². The largest absolute Gasteiger partial charge is 0.381 e. The SMILES string of the molecule is CC(C)(C)c1c(N)nnn1CCc1ccc([N+](=O)[O-])cc1. The minimum atomic E-state index is -0.403. The van der Waals surface area contributed by atoms with Gasteiger partial charge in [0.25, 0.3) is 5.69 Å². The molecule has 2 rings (SSSR count). The van der Waals surface area contributed by atoms with Crippen LogP contribution in [0.15, 0.2) is 24.3 Å². The van der Waals surface area contributed by atoms with E-state index in [0.717, 1.165) is 11.3 Å². The predicted octanol–water partition coefficient (Wildman–Crippen LogP) is 2.31. The van der Waals surface area contributed by atoms with Gasteiger partial charge in [-0.25, -0.2) is 4.68 Å². The van der Waals surface area contributed by atoms with E-state index in [1.807, 2.05) is 0 Å². The van der Waals surface area contributed by atoms with E-state index in [0.29, 0.717) is 18.8 Å². The van der Waals surface area contributed by atoms with Gasteiger partial charge in [0.1, 0.15) is 0 Å². The maximum atomic E-state index is 10.6. The van der Waals surface area contributed by atoms with Crippen LogP contribution < -0.4 is 5.73 Å². The summed E-state index contributed by atoms with van der Waals surface area (Å²) in [6.45, 7) is 6.81. The quantitative estimate of drug-likeness (QED) is 0.687. The first-order chi connectivity index (χ1) is 9.79. The molecule has 0 aliphatic rings. The van der Waals surface area contributed by atoms with E-state index >= 15 is 0 Å². The van der Waals surface area contributed by atoms with Gasteiger partial charge in [-0.05, 0) is 12.0 Å². The number of nitro groups is 1. The number of aryl methyl sites for hydroxylation is 2. The summed E-state index contributed by atoms with van der Waals surface area (Å²) in [5.41, 5.74) is 7.76. The van der Waals surface area contributed by atoms with Crippen LogP contribution in [0, 0.1) is 10.1 Å². The second kappa shape index (κ2) is 5.51. The molecule has 0 atom stereocenters. The zero-order valence-corrected chi connectivity index (χ0v) is 12.4. The number of nitrogens with zero attached hydrogens (tertiary/aromatic N) is 4. The smallest absolute Gasteiger partial charge is 0.269 e. The monoisotopic (exact) mass is 289 g/mol. The molecule has 1 aromatic carbocycles. The van der Waals surface area contributed by atoms with Crippen LogP contribution in [0.2, 0.25) is 0 Å². The van der Waals surface area contributed by atoms with E-state index in [1.54, 1.807) is 16.8 Å². The van der Waals surface area contributed by atoms with Gasteiger partial charge in [0.15, 0.2) is 5.82 Å². The molecule has 7 nitrogen and oxygen atoms in total. The molecule has 0 radical (unpaired) electrons. The molecule has 2 N–H and O–H groups in total. The average molecular weight is 289 g/mol. The summed E-state index contributed by atoms with van der Waals surface area (Å²) in [4.78, 5) is 10.2.